The molecule has 0 amide bonds. The molecule has 3 rings (SSSR count). The van der Waals surface area contributed by atoms with Crippen molar-refractivity contribution in [2.75, 3.05) is 13.3 Å². The molecule has 0 saturated heterocycles. The highest BCUT2D eigenvalue weighted by atomic mass is 16.7. The number of fused-ring (bicyclic) bond motifs is 1. The third kappa shape index (κ3) is 2.31. The van der Waals surface area contributed by atoms with Crippen molar-refractivity contribution in [2.45, 2.75) is 13.0 Å². The van der Waals surface area contributed by atoms with Crippen molar-refractivity contribution in [1.82, 2.24) is 15.3 Å². The molecule has 2 aromatic rings. The van der Waals surface area contributed by atoms with E-state index in [1.54, 1.807) is 6.33 Å². The summed E-state index contributed by atoms with van der Waals surface area (Å²) in [5.74, 6) is 1.70. The summed E-state index contributed by atoms with van der Waals surface area (Å²) in [5, 5.41) is 3.39. The number of nitrogens with one attached hydrogen (secondary N) is 2. The van der Waals surface area contributed by atoms with Crippen molar-refractivity contribution >= 4 is 0 Å². The van der Waals surface area contributed by atoms with Crippen LogP contribution in [0.2, 0.25) is 0 Å². The maximum absolute atomic E-state index is 5.45. The van der Waals surface area contributed by atoms with Gasteiger partial charge in [0.1, 0.15) is 0 Å². The van der Waals surface area contributed by atoms with Crippen LogP contribution in [0.1, 0.15) is 11.3 Å². The van der Waals surface area contributed by atoms with Crippen LogP contribution in [0.15, 0.2) is 30.7 Å². The third-order valence-corrected chi connectivity index (χ3v) is 2.92. The van der Waals surface area contributed by atoms with Crippen LogP contribution in [-0.4, -0.2) is 23.3 Å². The van der Waals surface area contributed by atoms with Crippen LogP contribution in [0, 0.1) is 0 Å². The molecule has 0 atom stereocenters. The van der Waals surface area contributed by atoms with Gasteiger partial charge in [0, 0.05) is 37.0 Å². The SMILES string of the molecule is c1cc(CNCCc2cnc[nH]2)c2c(c1)OCO2. The van der Waals surface area contributed by atoms with Crippen LogP contribution in [0.3, 0.4) is 0 Å². The first kappa shape index (κ1) is 11.1. The lowest BCUT2D eigenvalue weighted by Gasteiger charge is -2.07. The summed E-state index contributed by atoms with van der Waals surface area (Å²) >= 11 is 0. The van der Waals surface area contributed by atoms with Gasteiger partial charge in [-0.25, -0.2) is 4.98 Å². The lowest BCUT2D eigenvalue weighted by molar-refractivity contribution is 0.173. The van der Waals surface area contributed by atoms with Gasteiger partial charge in [-0.05, 0) is 6.07 Å². The molecule has 5 nitrogen and oxygen atoms in total. The summed E-state index contributed by atoms with van der Waals surface area (Å²) < 4.78 is 10.8. The predicted molar refractivity (Wildman–Crippen MR) is 66.6 cm³/mol. The largest absolute Gasteiger partial charge is 0.454 e. The van der Waals surface area contributed by atoms with Crippen molar-refractivity contribution in [3.8, 4) is 11.5 Å². The molecule has 0 aliphatic carbocycles. The lowest BCUT2D eigenvalue weighted by Crippen LogP contribution is -2.17. The van der Waals surface area contributed by atoms with Crippen molar-refractivity contribution in [3.63, 3.8) is 0 Å². The van der Waals surface area contributed by atoms with Crippen LogP contribution in [0.5, 0.6) is 11.5 Å². The van der Waals surface area contributed by atoms with Crippen molar-refractivity contribution < 1.29 is 9.47 Å². The molecule has 0 radical (unpaired) electrons. The number of aromatic nitrogens is 2. The van der Waals surface area contributed by atoms with Gasteiger partial charge in [0.05, 0.1) is 6.33 Å². The van der Waals surface area contributed by atoms with Crippen molar-refractivity contribution in [2.24, 2.45) is 0 Å². The molecule has 0 spiro atoms. The second kappa shape index (κ2) is 5.10. The van der Waals surface area contributed by atoms with E-state index < -0.39 is 0 Å². The zero-order valence-electron chi connectivity index (χ0n) is 9.98. The molecule has 0 saturated carbocycles. The molecule has 5 heteroatoms. The maximum atomic E-state index is 5.45. The highest BCUT2D eigenvalue weighted by Gasteiger charge is 2.16. The van der Waals surface area contributed by atoms with Gasteiger partial charge in [0.15, 0.2) is 11.5 Å². The Morgan fingerprint density at radius 2 is 2.33 bits per heavy atom. The molecule has 0 fully saturated rings. The molecule has 1 aromatic carbocycles. The van der Waals surface area contributed by atoms with Gasteiger partial charge < -0.3 is 19.8 Å². The van der Waals surface area contributed by atoms with Crippen LogP contribution in [-0.2, 0) is 13.0 Å². The maximum Gasteiger partial charge on any atom is 0.231 e. The minimum Gasteiger partial charge on any atom is -0.454 e. The fraction of sp³-hybridized carbons (Fsp3) is 0.308. The molecule has 2 heterocycles. The van der Waals surface area contributed by atoms with E-state index in [1.807, 2.05) is 18.3 Å². The number of hydrogen-bond donors (Lipinski definition) is 2. The van der Waals surface area contributed by atoms with Gasteiger partial charge in [0.25, 0.3) is 0 Å². The summed E-state index contributed by atoms with van der Waals surface area (Å²) in [7, 11) is 0. The molecular formula is C13H15N3O2. The Kier molecular flexibility index (Phi) is 3.14. The van der Waals surface area contributed by atoms with E-state index in [0.717, 1.165) is 42.3 Å². The number of ether oxygens (including phenoxy) is 2. The minimum absolute atomic E-state index is 0.320. The molecule has 1 aromatic heterocycles. The number of para-hydroxylation sites is 1. The second-order valence-corrected chi connectivity index (χ2v) is 4.15. The Hall–Kier alpha value is -2.01. The molecule has 0 unspecified atom stereocenters. The fourth-order valence-corrected chi connectivity index (χ4v) is 2.00. The zero-order valence-corrected chi connectivity index (χ0v) is 9.98. The number of rotatable bonds is 5. The zero-order chi connectivity index (χ0) is 12.2. The number of H-pyrrole nitrogens is 1. The Balaban J connectivity index is 1.53. The van der Waals surface area contributed by atoms with Gasteiger partial charge in [-0.2, -0.15) is 0 Å². The smallest absolute Gasteiger partial charge is 0.231 e. The van der Waals surface area contributed by atoms with Crippen LogP contribution in [0.4, 0.5) is 0 Å². The summed E-state index contributed by atoms with van der Waals surface area (Å²) in [5.41, 5.74) is 2.27. The van der Waals surface area contributed by atoms with Crippen molar-refractivity contribution in [1.29, 1.82) is 0 Å². The van der Waals surface area contributed by atoms with Gasteiger partial charge in [-0.15, -0.1) is 0 Å². The molecule has 1 aliphatic heterocycles. The normalized spacial score (nSPS) is 12.9. The van der Waals surface area contributed by atoms with Gasteiger partial charge in [-0.1, -0.05) is 12.1 Å². The highest BCUT2D eigenvalue weighted by Crippen LogP contribution is 2.35. The van der Waals surface area contributed by atoms with E-state index in [2.05, 4.69) is 21.4 Å². The highest BCUT2D eigenvalue weighted by molar-refractivity contribution is 5.48. The topological polar surface area (TPSA) is 59.2 Å². The Bertz CT molecular complexity index is 511. The molecule has 1 aliphatic rings. The van der Waals surface area contributed by atoms with E-state index >= 15 is 0 Å². The van der Waals surface area contributed by atoms with Gasteiger partial charge in [-0.3, -0.25) is 0 Å². The lowest BCUT2D eigenvalue weighted by atomic mass is 10.2. The minimum atomic E-state index is 0.320. The first-order valence-electron chi connectivity index (χ1n) is 5.99. The van der Waals surface area contributed by atoms with Crippen LogP contribution in [0.25, 0.3) is 0 Å². The first-order chi connectivity index (χ1) is 8.93. The quantitative estimate of drug-likeness (QED) is 0.783. The number of nitrogens with zero attached hydrogens (tertiary/aromatic N) is 1. The third-order valence-electron chi connectivity index (χ3n) is 2.92. The number of imidazole rings is 1. The van der Waals surface area contributed by atoms with Crippen molar-refractivity contribution in [3.05, 3.63) is 42.0 Å². The molecule has 94 valence electrons. The summed E-state index contributed by atoms with van der Waals surface area (Å²) in [6.45, 7) is 1.99. The van der Waals surface area contributed by atoms with E-state index in [1.165, 1.54) is 0 Å². The Morgan fingerprint density at radius 3 is 3.22 bits per heavy atom. The summed E-state index contributed by atoms with van der Waals surface area (Å²) in [6, 6.07) is 5.96. The second-order valence-electron chi connectivity index (χ2n) is 4.15. The average molecular weight is 245 g/mol. The summed E-state index contributed by atoms with van der Waals surface area (Å²) in [4.78, 5) is 7.07. The van der Waals surface area contributed by atoms with E-state index in [9.17, 15) is 0 Å². The average Bonchev–Trinajstić information content (AvgIpc) is 3.05. The molecule has 2 N–H and O–H groups in total. The number of aromatic amines is 1. The predicted octanol–water partition coefficient (Wildman–Crippen LogP) is 1.47. The fourth-order valence-electron chi connectivity index (χ4n) is 2.00. The Morgan fingerprint density at radius 1 is 1.33 bits per heavy atom. The molecular weight excluding hydrogens is 230 g/mol. The Labute approximate surface area is 105 Å². The summed E-state index contributed by atoms with van der Waals surface area (Å²) in [6.07, 6.45) is 4.48. The van der Waals surface area contributed by atoms with E-state index in [0.29, 0.717) is 6.79 Å². The first-order valence-corrected chi connectivity index (χ1v) is 5.99. The number of benzene rings is 1. The monoisotopic (exact) mass is 245 g/mol. The van der Waals surface area contributed by atoms with E-state index in [-0.39, 0.29) is 0 Å². The standard InChI is InChI=1S/C13H15N3O2/c1-2-10(13-12(3-1)17-9-18-13)6-14-5-4-11-7-15-8-16-11/h1-3,7-8,14H,4-6,9H2,(H,15,16). The number of hydrogen-bond acceptors (Lipinski definition) is 4. The van der Waals surface area contributed by atoms with Crippen LogP contribution < -0.4 is 14.8 Å². The molecule has 0 bridgehead atoms. The van der Waals surface area contributed by atoms with Gasteiger partial charge in [0.2, 0.25) is 6.79 Å². The van der Waals surface area contributed by atoms with E-state index in [4.69, 9.17) is 9.47 Å². The molecule has 18 heavy (non-hydrogen) atoms. The van der Waals surface area contributed by atoms with Crippen LogP contribution >= 0.6 is 0 Å². The van der Waals surface area contributed by atoms with Gasteiger partial charge >= 0.3 is 0 Å².